The summed E-state index contributed by atoms with van der Waals surface area (Å²) in [6.45, 7) is 3.95. The van der Waals surface area contributed by atoms with Crippen LogP contribution in [0.3, 0.4) is 0 Å². The molecule has 1 aliphatic carbocycles. The quantitative estimate of drug-likeness (QED) is 0.800. The molecule has 0 aromatic carbocycles. The van der Waals surface area contributed by atoms with E-state index in [9.17, 15) is 4.39 Å². The number of anilines is 1. The monoisotopic (exact) mass is 249 g/mol. The highest BCUT2D eigenvalue weighted by Gasteiger charge is 2.33. The number of hydrogen-bond donors (Lipinski definition) is 0. The molecule has 1 saturated heterocycles. The van der Waals surface area contributed by atoms with Gasteiger partial charge in [-0.25, -0.2) is 4.39 Å². The molecule has 0 amide bonds. The van der Waals surface area contributed by atoms with E-state index in [0.717, 1.165) is 45.4 Å². The maximum Gasteiger partial charge on any atom is 0.116 e. The Kier molecular flexibility index (Phi) is 3.46. The number of hydrogen-bond acceptors (Lipinski definition) is 3. The fourth-order valence-corrected chi connectivity index (χ4v) is 3.17. The van der Waals surface area contributed by atoms with Crippen LogP contribution in [0.5, 0.6) is 0 Å². The smallest absolute Gasteiger partial charge is 0.116 e. The molecule has 2 fully saturated rings. The maximum atomic E-state index is 13.7. The fraction of sp³-hybridized carbons (Fsp3) is 0.643. The highest BCUT2D eigenvalue weighted by molar-refractivity contribution is 5.44. The van der Waals surface area contributed by atoms with E-state index in [2.05, 4.69) is 14.8 Å². The normalized spacial score (nSPS) is 29.7. The van der Waals surface area contributed by atoms with Crippen LogP contribution < -0.4 is 4.90 Å². The van der Waals surface area contributed by atoms with Crippen LogP contribution in [0.25, 0.3) is 0 Å². The third-order valence-electron chi connectivity index (χ3n) is 4.21. The van der Waals surface area contributed by atoms with Crippen LogP contribution in [0.4, 0.5) is 10.1 Å². The van der Waals surface area contributed by atoms with Crippen molar-refractivity contribution in [3.63, 3.8) is 0 Å². The van der Waals surface area contributed by atoms with Crippen molar-refractivity contribution in [3.8, 4) is 0 Å². The van der Waals surface area contributed by atoms with Crippen molar-refractivity contribution in [1.29, 1.82) is 0 Å². The molecule has 0 radical (unpaired) electrons. The molecule has 0 bridgehead atoms. The molecular formula is C14H20FN3. The SMILES string of the molecule is F[C@@H]1CCC[C@H]1N1CCN(c2ccncc2)CC1. The molecule has 0 unspecified atom stereocenters. The zero-order valence-corrected chi connectivity index (χ0v) is 10.6. The molecule has 1 aromatic heterocycles. The van der Waals surface area contributed by atoms with Gasteiger partial charge in [0.1, 0.15) is 6.17 Å². The van der Waals surface area contributed by atoms with E-state index in [0.29, 0.717) is 0 Å². The Morgan fingerprint density at radius 3 is 2.39 bits per heavy atom. The van der Waals surface area contributed by atoms with Crippen molar-refractivity contribution in [3.05, 3.63) is 24.5 Å². The third kappa shape index (κ3) is 2.34. The van der Waals surface area contributed by atoms with E-state index < -0.39 is 6.17 Å². The molecule has 2 atom stereocenters. The van der Waals surface area contributed by atoms with E-state index in [1.54, 1.807) is 0 Å². The van der Waals surface area contributed by atoms with Gasteiger partial charge in [-0.3, -0.25) is 9.88 Å². The van der Waals surface area contributed by atoms with Crippen LogP contribution >= 0.6 is 0 Å². The van der Waals surface area contributed by atoms with Gasteiger partial charge in [0.25, 0.3) is 0 Å². The van der Waals surface area contributed by atoms with E-state index in [-0.39, 0.29) is 6.04 Å². The van der Waals surface area contributed by atoms with E-state index in [1.165, 1.54) is 5.69 Å². The molecule has 1 aliphatic heterocycles. The first-order chi connectivity index (χ1) is 8.84. The summed E-state index contributed by atoms with van der Waals surface area (Å²) in [7, 11) is 0. The lowest BCUT2D eigenvalue weighted by atomic mass is 10.1. The number of piperazine rings is 1. The standard InChI is InChI=1S/C14H20FN3/c15-13-2-1-3-14(13)18-10-8-17(9-11-18)12-4-6-16-7-5-12/h4-7,13-14H,1-3,8-11H2/t13-,14-/m1/s1. The summed E-state index contributed by atoms with van der Waals surface area (Å²) in [6, 6.07) is 4.27. The molecule has 3 rings (SSSR count). The van der Waals surface area contributed by atoms with Gasteiger partial charge in [-0.15, -0.1) is 0 Å². The number of alkyl halides is 1. The molecule has 1 aromatic rings. The Hall–Kier alpha value is -1.16. The number of halogens is 1. The third-order valence-corrected chi connectivity index (χ3v) is 4.21. The first-order valence-electron chi connectivity index (χ1n) is 6.88. The molecular weight excluding hydrogens is 229 g/mol. The fourth-order valence-electron chi connectivity index (χ4n) is 3.17. The Bertz CT molecular complexity index is 376. The Morgan fingerprint density at radius 2 is 1.78 bits per heavy atom. The van der Waals surface area contributed by atoms with Gasteiger partial charge in [0.05, 0.1) is 0 Å². The number of pyridine rings is 1. The highest BCUT2D eigenvalue weighted by Crippen LogP contribution is 2.28. The Morgan fingerprint density at radius 1 is 1.06 bits per heavy atom. The molecule has 0 N–H and O–H groups in total. The highest BCUT2D eigenvalue weighted by atomic mass is 19.1. The zero-order chi connectivity index (χ0) is 12.4. The lowest BCUT2D eigenvalue weighted by Gasteiger charge is -2.39. The van der Waals surface area contributed by atoms with Gasteiger partial charge < -0.3 is 4.90 Å². The van der Waals surface area contributed by atoms with Gasteiger partial charge in [0.2, 0.25) is 0 Å². The topological polar surface area (TPSA) is 19.4 Å². The molecule has 0 spiro atoms. The predicted molar refractivity (Wildman–Crippen MR) is 70.6 cm³/mol. The Balaban J connectivity index is 1.58. The van der Waals surface area contributed by atoms with Gasteiger partial charge in [-0.2, -0.15) is 0 Å². The Labute approximate surface area is 108 Å². The summed E-state index contributed by atoms with van der Waals surface area (Å²) in [5.41, 5.74) is 1.23. The second-order valence-electron chi connectivity index (χ2n) is 5.24. The first-order valence-corrected chi connectivity index (χ1v) is 6.88. The minimum atomic E-state index is -0.600. The van der Waals surface area contributed by atoms with Crippen molar-refractivity contribution in [2.75, 3.05) is 31.1 Å². The van der Waals surface area contributed by atoms with Gasteiger partial charge in [-0.05, 0) is 31.4 Å². The summed E-state index contributed by atoms with van der Waals surface area (Å²) < 4.78 is 13.7. The van der Waals surface area contributed by atoms with Crippen LogP contribution in [0.1, 0.15) is 19.3 Å². The van der Waals surface area contributed by atoms with Crippen molar-refractivity contribution < 1.29 is 4.39 Å². The zero-order valence-electron chi connectivity index (χ0n) is 10.6. The average Bonchev–Trinajstić information content (AvgIpc) is 2.86. The van der Waals surface area contributed by atoms with Crippen molar-refractivity contribution in [2.24, 2.45) is 0 Å². The lowest BCUT2D eigenvalue weighted by molar-refractivity contribution is 0.125. The van der Waals surface area contributed by atoms with Crippen LogP contribution in [0.15, 0.2) is 24.5 Å². The summed E-state index contributed by atoms with van der Waals surface area (Å²) in [4.78, 5) is 8.75. The summed E-state index contributed by atoms with van der Waals surface area (Å²) in [5.74, 6) is 0. The minimum Gasteiger partial charge on any atom is -0.369 e. The predicted octanol–water partition coefficient (Wildman–Crippen LogP) is 2.09. The van der Waals surface area contributed by atoms with Gasteiger partial charge >= 0.3 is 0 Å². The van der Waals surface area contributed by atoms with Crippen molar-refractivity contribution >= 4 is 5.69 Å². The molecule has 98 valence electrons. The van der Waals surface area contributed by atoms with Gasteiger partial charge in [0.15, 0.2) is 0 Å². The second-order valence-corrected chi connectivity index (χ2v) is 5.24. The average molecular weight is 249 g/mol. The molecule has 1 saturated carbocycles. The largest absolute Gasteiger partial charge is 0.369 e. The summed E-state index contributed by atoms with van der Waals surface area (Å²) >= 11 is 0. The molecule has 2 heterocycles. The lowest BCUT2D eigenvalue weighted by Crippen LogP contribution is -2.51. The molecule has 2 aliphatic rings. The number of nitrogens with zero attached hydrogens (tertiary/aromatic N) is 3. The van der Waals surface area contributed by atoms with Crippen LogP contribution in [0.2, 0.25) is 0 Å². The molecule has 18 heavy (non-hydrogen) atoms. The summed E-state index contributed by atoms with van der Waals surface area (Å²) in [6.07, 6.45) is 5.91. The van der Waals surface area contributed by atoms with E-state index in [1.807, 2.05) is 24.5 Å². The van der Waals surface area contributed by atoms with Crippen LogP contribution in [0, 0.1) is 0 Å². The molecule has 3 nitrogen and oxygen atoms in total. The van der Waals surface area contributed by atoms with Crippen LogP contribution in [-0.4, -0.2) is 48.3 Å². The van der Waals surface area contributed by atoms with Crippen LogP contribution in [-0.2, 0) is 0 Å². The first kappa shape index (κ1) is 11.9. The second kappa shape index (κ2) is 5.22. The maximum absolute atomic E-state index is 13.7. The molecule has 4 heteroatoms. The minimum absolute atomic E-state index is 0.185. The van der Waals surface area contributed by atoms with Crippen molar-refractivity contribution in [1.82, 2.24) is 9.88 Å². The van der Waals surface area contributed by atoms with E-state index >= 15 is 0 Å². The number of rotatable bonds is 2. The van der Waals surface area contributed by atoms with Gasteiger partial charge in [-0.1, -0.05) is 0 Å². The van der Waals surface area contributed by atoms with Gasteiger partial charge in [0, 0.05) is 50.3 Å². The van der Waals surface area contributed by atoms with Crippen molar-refractivity contribution in [2.45, 2.75) is 31.5 Å². The summed E-state index contributed by atoms with van der Waals surface area (Å²) in [5, 5.41) is 0. The van der Waals surface area contributed by atoms with E-state index in [4.69, 9.17) is 0 Å². The number of aromatic nitrogens is 1.